The second-order valence-electron chi connectivity index (χ2n) is 3.95. The highest BCUT2D eigenvalue weighted by molar-refractivity contribution is 5.96. The maximum atomic E-state index is 11.8. The molecule has 0 fully saturated rings. The number of nitrogens with one attached hydrogen (secondary N) is 1. The molecule has 0 spiro atoms. The first kappa shape index (κ1) is 12.3. The highest BCUT2D eigenvalue weighted by Gasteiger charge is 2.18. The molecule has 0 radical (unpaired) electrons. The smallest absolute Gasteiger partial charge is 0.255 e. The maximum absolute atomic E-state index is 11.8. The van der Waals surface area contributed by atoms with Crippen LogP contribution in [0.3, 0.4) is 0 Å². The molecule has 4 heteroatoms. The lowest BCUT2D eigenvalue weighted by atomic mass is 10.1. The topological polar surface area (TPSA) is 66.0 Å². The molecule has 0 aliphatic carbocycles. The highest BCUT2D eigenvalue weighted by atomic mass is 16.3. The van der Waals surface area contributed by atoms with Crippen LogP contribution in [0.2, 0.25) is 0 Å². The Morgan fingerprint density at radius 2 is 2.06 bits per heavy atom. The number of hydrogen-bond donors (Lipinski definition) is 1. The van der Waals surface area contributed by atoms with Gasteiger partial charge in [0.15, 0.2) is 0 Å². The van der Waals surface area contributed by atoms with Crippen molar-refractivity contribution in [3.8, 4) is 6.07 Å². The van der Waals surface area contributed by atoms with Gasteiger partial charge in [-0.3, -0.25) is 4.79 Å². The van der Waals surface area contributed by atoms with Gasteiger partial charge in [-0.25, -0.2) is 0 Å². The van der Waals surface area contributed by atoms with Gasteiger partial charge in [0, 0.05) is 12.1 Å². The first-order chi connectivity index (χ1) is 7.47. The molecule has 1 heterocycles. The number of rotatable bonds is 3. The molecule has 1 aromatic heterocycles. The van der Waals surface area contributed by atoms with Crippen LogP contribution in [-0.4, -0.2) is 12.5 Å². The molecule has 1 rings (SSSR count). The summed E-state index contributed by atoms with van der Waals surface area (Å²) in [6.45, 7) is 7.58. The summed E-state index contributed by atoms with van der Waals surface area (Å²) in [5.41, 5.74) is 1.45. The van der Waals surface area contributed by atoms with Crippen molar-refractivity contribution in [1.82, 2.24) is 5.32 Å². The van der Waals surface area contributed by atoms with E-state index in [0.717, 1.165) is 11.3 Å². The molecule has 0 saturated heterocycles. The van der Waals surface area contributed by atoms with Gasteiger partial charge in [-0.2, -0.15) is 5.26 Å². The predicted molar refractivity (Wildman–Crippen MR) is 60.0 cm³/mol. The second-order valence-corrected chi connectivity index (χ2v) is 3.95. The van der Waals surface area contributed by atoms with Crippen LogP contribution < -0.4 is 5.32 Å². The standard InChI is InChI=1S/C12H16N2O2/c1-7(5-13)6-14-12(15)11-8(2)9(3)16-10(11)4/h7H,6H2,1-4H3,(H,14,15). The van der Waals surface area contributed by atoms with E-state index in [1.54, 1.807) is 13.8 Å². The van der Waals surface area contributed by atoms with Crippen LogP contribution in [0.4, 0.5) is 0 Å². The number of nitriles is 1. The van der Waals surface area contributed by atoms with Gasteiger partial charge in [0.1, 0.15) is 11.5 Å². The van der Waals surface area contributed by atoms with Gasteiger partial charge in [0.2, 0.25) is 0 Å². The fraction of sp³-hybridized carbons (Fsp3) is 0.500. The Kier molecular flexibility index (Phi) is 3.73. The molecular weight excluding hydrogens is 204 g/mol. The number of amides is 1. The minimum absolute atomic E-state index is 0.172. The van der Waals surface area contributed by atoms with Crippen LogP contribution in [0.1, 0.15) is 34.4 Å². The highest BCUT2D eigenvalue weighted by Crippen LogP contribution is 2.20. The summed E-state index contributed by atoms with van der Waals surface area (Å²) in [5.74, 6) is 1.03. The normalized spacial score (nSPS) is 11.9. The Bertz CT molecular complexity index is 441. The Morgan fingerprint density at radius 3 is 2.50 bits per heavy atom. The van der Waals surface area contributed by atoms with Crippen molar-refractivity contribution < 1.29 is 9.21 Å². The summed E-state index contributed by atoms with van der Waals surface area (Å²) in [6, 6.07) is 2.07. The molecule has 0 bridgehead atoms. The van der Waals surface area contributed by atoms with E-state index < -0.39 is 0 Å². The summed E-state index contributed by atoms with van der Waals surface area (Å²) in [4.78, 5) is 11.8. The van der Waals surface area contributed by atoms with Crippen LogP contribution in [0.25, 0.3) is 0 Å². The van der Waals surface area contributed by atoms with Gasteiger partial charge in [-0.1, -0.05) is 0 Å². The molecular formula is C12H16N2O2. The molecule has 1 amide bonds. The monoisotopic (exact) mass is 220 g/mol. The van der Waals surface area contributed by atoms with Gasteiger partial charge in [0.25, 0.3) is 5.91 Å². The van der Waals surface area contributed by atoms with Gasteiger partial charge >= 0.3 is 0 Å². The molecule has 0 aliphatic rings. The zero-order valence-electron chi connectivity index (χ0n) is 10.0. The lowest BCUT2D eigenvalue weighted by Crippen LogP contribution is -2.28. The molecule has 4 nitrogen and oxygen atoms in total. The van der Waals surface area contributed by atoms with Crippen molar-refractivity contribution in [3.63, 3.8) is 0 Å². The molecule has 1 N–H and O–H groups in total. The van der Waals surface area contributed by atoms with Crippen LogP contribution in [0.15, 0.2) is 4.42 Å². The summed E-state index contributed by atoms with van der Waals surface area (Å²) < 4.78 is 5.37. The Labute approximate surface area is 95.2 Å². The van der Waals surface area contributed by atoms with Crippen LogP contribution >= 0.6 is 0 Å². The lowest BCUT2D eigenvalue weighted by molar-refractivity contribution is 0.0948. The number of furan rings is 1. The number of carbonyl (C=O) groups excluding carboxylic acids is 1. The lowest BCUT2D eigenvalue weighted by Gasteiger charge is -2.05. The summed E-state index contributed by atoms with van der Waals surface area (Å²) in [5, 5.41) is 11.3. The molecule has 1 atom stereocenters. The van der Waals surface area contributed by atoms with Crippen molar-refractivity contribution in [1.29, 1.82) is 5.26 Å². The average Bonchev–Trinajstić information content (AvgIpc) is 2.49. The van der Waals surface area contributed by atoms with Crippen molar-refractivity contribution in [2.45, 2.75) is 27.7 Å². The minimum Gasteiger partial charge on any atom is -0.466 e. The van der Waals surface area contributed by atoms with E-state index in [-0.39, 0.29) is 11.8 Å². The minimum atomic E-state index is -0.183. The zero-order chi connectivity index (χ0) is 12.3. The first-order valence-electron chi connectivity index (χ1n) is 5.21. The zero-order valence-corrected chi connectivity index (χ0v) is 10.0. The largest absolute Gasteiger partial charge is 0.466 e. The molecule has 0 aliphatic heterocycles. The second kappa shape index (κ2) is 4.84. The fourth-order valence-corrected chi connectivity index (χ4v) is 1.51. The Balaban J connectivity index is 2.78. The van der Waals surface area contributed by atoms with E-state index in [2.05, 4.69) is 11.4 Å². The fourth-order valence-electron chi connectivity index (χ4n) is 1.51. The SMILES string of the molecule is Cc1oc(C)c(C(=O)NCC(C)C#N)c1C. The molecule has 1 aromatic rings. The third-order valence-electron chi connectivity index (χ3n) is 2.58. The van der Waals surface area contributed by atoms with E-state index in [9.17, 15) is 4.79 Å². The van der Waals surface area contributed by atoms with E-state index in [1.807, 2.05) is 13.8 Å². The summed E-state index contributed by atoms with van der Waals surface area (Å²) >= 11 is 0. The van der Waals surface area contributed by atoms with E-state index in [4.69, 9.17) is 9.68 Å². The van der Waals surface area contributed by atoms with Gasteiger partial charge in [-0.05, 0) is 27.7 Å². The van der Waals surface area contributed by atoms with E-state index in [0.29, 0.717) is 17.9 Å². The average molecular weight is 220 g/mol. The summed E-state index contributed by atoms with van der Waals surface area (Å²) in [6.07, 6.45) is 0. The number of aryl methyl sites for hydroxylation is 2. The first-order valence-corrected chi connectivity index (χ1v) is 5.21. The van der Waals surface area contributed by atoms with E-state index in [1.165, 1.54) is 0 Å². The molecule has 0 aromatic carbocycles. The maximum Gasteiger partial charge on any atom is 0.255 e. The van der Waals surface area contributed by atoms with Crippen LogP contribution in [0, 0.1) is 38.0 Å². The van der Waals surface area contributed by atoms with Gasteiger partial charge < -0.3 is 9.73 Å². The molecule has 86 valence electrons. The van der Waals surface area contributed by atoms with Crippen molar-refractivity contribution in [2.24, 2.45) is 5.92 Å². The van der Waals surface area contributed by atoms with Crippen LogP contribution in [-0.2, 0) is 0 Å². The van der Waals surface area contributed by atoms with Gasteiger partial charge in [0.05, 0.1) is 17.6 Å². The number of hydrogen-bond acceptors (Lipinski definition) is 3. The van der Waals surface area contributed by atoms with Crippen molar-refractivity contribution in [2.75, 3.05) is 6.54 Å². The van der Waals surface area contributed by atoms with Crippen LogP contribution in [0.5, 0.6) is 0 Å². The number of nitrogens with zero attached hydrogens (tertiary/aromatic N) is 1. The molecule has 0 saturated carbocycles. The molecule has 16 heavy (non-hydrogen) atoms. The quantitative estimate of drug-likeness (QED) is 0.848. The predicted octanol–water partition coefficient (Wildman–Crippen LogP) is 2.09. The number of carbonyl (C=O) groups is 1. The summed E-state index contributed by atoms with van der Waals surface area (Å²) in [7, 11) is 0. The molecule has 1 unspecified atom stereocenters. The Morgan fingerprint density at radius 1 is 1.44 bits per heavy atom. The Hall–Kier alpha value is -1.76. The van der Waals surface area contributed by atoms with E-state index >= 15 is 0 Å². The van der Waals surface area contributed by atoms with Gasteiger partial charge in [-0.15, -0.1) is 0 Å². The third-order valence-corrected chi connectivity index (χ3v) is 2.58. The van der Waals surface area contributed by atoms with Crippen molar-refractivity contribution in [3.05, 3.63) is 22.6 Å². The van der Waals surface area contributed by atoms with Crippen molar-refractivity contribution >= 4 is 5.91 Å². The third kappa shape index (κ3) is 2.43.